The fourth-order valence-corrected chi connectivity index (χ4v) is 2.93. The predicted octanol–water partition coefficient (Wildman–Crippen LogP) is 2.80. The molecule has 2 aromatic rings. The zero-order valence-electron chi connectivity index (χ0n) is 11.9. The molecular formula is C16H18ClN3O. The Morgan fingerprint density at radius 3 is 2.71 bits per heavy atom. The van der Waals surface area contributed by atoms with Crippen LogP contribution in [0, 0.1) is 0 Å². The average molecular weight is 304 g/mol. The molecule has 0 saturated carbocycles. The lowest BCUT2D eigenvalue weighted by Gasteiger charge is -2.40. The number of likely N-dealkylation sites (N-methyl/N-ethyl adjacent to an activating group) is 1. The van der Waals surface area contributed by atoms with Crippen LogP contribution in [0.4, 0.5) is 0 Å². The van der Waals surface area contributed by atoms with Gasteiger partial charge in [0.25, 0.3) is 5.91 Å². The summed E-state index contributed by atoms with van der Waals surface area (Å²) < 4.78 is 0. The molecule has 3 rings (SSSR count). The standard InChI is InChI=1S/C16H18ClN3O/c1-19-7-8-20(16(21)14-9-13(17)10-18-14)15(11-19)12-5-3-2-4-6-12/h2-6,9-10,15,18H,7-8,11H2,1H3/t15-/m1/s1. The highest BCUT2D eigenvalue weighted by atomic mass is 35.5. The Kier molecular flexibility index (Phi) is 3.99. The van der Waals surface area contributed by atoms with Gasteiger partial charge in [0, 0.05) is 25.8 Å². The lowest BCUT2D eigenvalue weighted by molar-refractivity contribution is 0.0493. The Morgan fingerprint density at radius 2 is 2.05 bits per heavy atom. The summed E-state index contributed by atoms with van der Waals surface area (Å²) in [5.74, 6) is 0.00357. The van der Waals surface area contributed by atoms with Gasteiger partial charge in [0.1, 0.15) is 5.69 Å². The summed E-state index contributed by atoms with van der Waals surface area (Å²) >= 11 is 5.91. The van der Waals surface area contributed by atoms with Crippen molar-refractivity contribution in [3.63, 3.8) is 0 Å². The zero-order chi connectivity index (χ0) is 14.8. The van der Waals surface area contributed by atoms with Crippen LogP contribution in [-0.2, 0) is 0 Å². The van der Waals surface area contributed by atoms with Crippen LogP contribution in [0.25, 0.3) is 0 Å². The molecular weight excluding hydrogens is 286 g/mol. The lowest BCUT2D eigenvalue weighted by Crippen LogP contribution is -2.49. The number of carbonyl (C=O) groups is 1. The third kappa shape index (κ3) is 2.96. The van der Waals surface area contributed by atoms with Crippen LogP contribution in [0.15, 0.2) is 42.6 Å². The van der Waals surface area contributed by atoms with Crippen LogP contribution in [0.1, 0.15) is 22.1 Å². The van der Waals surface area contributed by atoms with Crippen molar-refractivity contribution in [3.05, 3.63) is 58.9 Å². The number of amides is 1. The molecule has 5 heteroatoms. The summed E-state index contributed by atoms with van der Waals surface area (Å²) in [6.45, 7) is 2.43. The van der Waals surface area contributed by atoms with E-state index >= 15 is 0 Å². The van der Waals surface area contributed by atoms with Gasteiger partial charge in [-0.2, -0.15) is 0 Å². The molecule has 0 aliphatic carbocycles. The molecule has 1 N–H and O–H groups in total. The van der Waals surface area contributed by atoms with E-state index in [0.717, 1.165) is 18.7 Å². The topological polar surface area (TPSA) is 39.3 Å². The van der Waals surface area contributed by atoms with E-state index in [1.807, 2.05) is 23.1 Å². The summed E-state index contributed by atoms with van der Waals surface area (Å²) in [7, 11) is 2.09. The van der Waals surface area contributed by atoms with Gasteiger partial charge in [-0.25, -0.2) is 0 Å². The zero-order valence-corrected chi connectivity index (χ0v) is 12.7. The molecule has 0 bridgehead atoms. The molecule has 1 aromatic carbocycles. The maximum absolute atomic E-state index is 12.7. The van der Waals surface area contributed by atoms with Crippen LogP contribution in [0.3, 0.4) is 0 Å². The predicted molar refractivity (Wildman–Crippen MR) is 83.5 cm³/mol. The van der Waals surface area contributed by atoms with Gasteiger partial charge in [0.05, 0.1) is 11.1 Å². The van der Waals surface area contributed by atoms with Gasteiger partial charge in [-0.1, -0.05) is 41.9 Å². The molecule has 1 saturated heterocycles. The smallest absolute Gasteiger partial charge is 0.270 e. The Hall–Kier alpha value is -1.78. The number of H-pyrrole nitrogens is 1. The number of hydrogen-bond acceptors (Lipinski definition) is 2. The first kappa shape index (κ1) is 14.2. The number of nitrogens with one attached hydrogen (secondary N) is 1. The van der Waals surface area contributed by atoms with Crippen LogP contribution >= 0.6 is 11.6 Å². The molecule has 1 amide bonds. The molecule has 21 heavy (non-hydrogen) atoms. The highest BCUT2D eigenvalue weighted by Crippen LogP contribution is 2.26. The minimum atomic E-state index is 0.00357. The average Bonchev–Trinajstić information content (AvgIpc) is 2.94. The quantitative estimate of drug-likeness (QED) is 0.926. The molecule has 110 valence electrons. The molecule has 0 unspecified atom stereocenters. The van der Waals surface area contributed by atoms with Crippen molar-refractivity contribution in [2.24, 2.45) is 0 Å². The number of benzene rings is 1. The van der Waals surface area contributed by atoms with Crippen molar-refractivity contribution in [3.8, 4) is 0 Å². The SMILES string of the molecule is CN1CCN(C(=O)c2cc(Cl)c[nH]2)[C@@H](c2ccccc2)C1. The second kappa shape index (κ2) is 5.92. The summed E-state index contributed by atoms with van der Waals surface area (Å²) in [5, 5.41) is 0.559. The Morgan fingerprint density at radius 1 is 1.29 bits per heavy atom. The van der Waals surface area contributed by atoms with Crippen molar-refractivity contribution >= 4 is 17.5 Å². The number of hydrogen-bond donors (Lipinski definition) is 1. The van der Waals surface area contributed by atoms with Gasteiger partial charge in [-0.15, -0.1) is 0 Å². The summed E-state index contributed by atoms with van der Waals surface area (Å²) in [6, 6.07) is 11.9. The number of piperazine rings is 1. The van der Waals surface area contributed by atoms with Crippen LogP contribution in [0.2, 0.25) is 5.02 Å². The van der Waals surface area contributed by atoms with Crippen molar-refractivity contribution in [1.82, 2.24) is 14.8 Å². The molecule has 1 aliphatic heterocycles. The van der Waals surface area contributed by atoms with E-state index < -0.39 is 0 Å². The Bertz CT molecular complexity index is 625. The highest BCUT2D eigenvalue weighted by Gasteiger charge is 2.31. The first-order chi connectivity index (χ1) is 10.1. The third-order valence-electron chi connectivity index (χ3n) is 3.91. The van der Waals surface area contributed by atoms with E-state index in [0.29, 0.717) is 17.3 Å². The minimum Gasteiger partial charge on any atom is -0.356 e. The fraction of sp³-hybridized carbons (Fsp3) is 0.312. The van der Waals surface area contributed by atoms with E-state index in [1.165, 1.54) is 0 Å². The Balaban J connectivity index is 1.89. The van der Waals surface area contributed by atoms with Crippen molar-refractivity contribution in [2.75, 3.05) is 26.7 Å². The molecule has 0 radical (unpaired) electrons. The molecule has 2 heterocycles. The maximum Gasteiger partial charge on any atom is 0.270 e. The summed E-state index contributed by atoms with van der Waals surface area (Å²) in [5.41, 5.74) is 1.71. The molecule has 4 nitrogen and oxygen atoms in total. The maximum atomic E-state index is 12.7. The van der Waals surface area contributed by atoms with Crippen molar-refractivity contribution < 1.29 is 4.79 Å². The van der Waals surface area contributed by atoms with E-state index in [9.17, 15) is 4.79 Å². The molecule has 1 aromatic heterocycles. The van der Waals surface area contributed by atoms with Gasteiger partial charge >= 0.3 is 0 Å². The Labute approximate surface area is 129 Å². The fourth-order valence-electron chi connectivity index (χ4n) is 2.77. The van der Waals surface area contributed by atoms with Crippen molar-refractivity contribution in [2.45, 2.75) is 6.04 Å². The summed E-state index contributed by atoms with van der Waals surface area (Å²) in [4.78, 5) is 19.9. The van der Waals surface area contributed by atoms with E-state index in [4.69, 9.17) is 11.6 Å². The normalized spacial score (nSPS) is 19.7. The highest BCUT2D eigenvalue weighted by molar-refractivity contribution is 6.30. The first-order valence-electron chi connectivity index (χ1n) is 7.03. The monoisotopic (exact) mass is 303 g/mol. The van der Waals surface area contributed by atoms with Crippen LogP contribution in [-0.4, -0.2) is 47.4 Å². The van der Waals surface area contributed by atoms with Gasteiger partial charge < -0.3 is 14.8 Å². The number of nitrogens with zero attached hydrogens (tertiary/aromatic N) is 2. The summed E-state index contributed by atoms with van der Waals surface area (Å²) in [6.07, 6.45) is 1.64. The molecule has 0 spiro atoms. The minimum absolute atomic E-state index is 0.00357. The number of halogens is 1. The molecule has 1 atom stereocenters. The number of carbonyl (C=O) groups excluding carboxylic acids is 1. The van der Waals surface area contributed by atoms with Crippen LogP contribution in [0.5, 0.6) is 0 Å². The van der Waals surface area contributed by atoms with Gasteiger partial charge in [-0.3, -0.25) is 4.79 Å². The van der Waals surface area contributed by atoms with E-state index in [1.54, 1.807) is 12.3 Å². The van der Waals surface area contributed by atoms with Crippen molar-refractivity contribution in [1.29, 1.82) is 0 Å². The van der Waals surface area contributed by atoms with Gasteiger partial charge in [-0.05, 0) is 18.7 Å². The van der Waals surface area contributed by atoms with Crippen LogP contribution < -0.4 is 0 Å². The molecule has 1 aliphatic rings. The van der Waals surface area contributed by atoms with Gasteiger partial charge in [0.15, 0.2) is 0 Å². The number of aromatic nitrogens is 1. The second-order valence-electron chi connectivity index (χ2n) is 5.42. The lowest BCUT2D eigenvalue weighted by atomic mass is 10.0. The van der Waals surface area contributed by atoms with E-state index in [2.05, 4.69) is 29.1 Å². The van der Waals surface area contributed by atoms with Gasteiger partial charge in [0.2, 0.25) is 0 Å². The largest absolute Gasteiger partial charge is 0.356 e. The molecule has 1 fully saturated rings. The van der Waals surface area contributed by atoms with E-state index in [-0.39, 0.29) is 11.9 Å². The first-order valence-corrected chi connectivity index (χ1v) is 7.41. The number of rotatable bonds is 2. The third-order valence-corrected chi connectivity index (χ3v) is 4.13. The second-order valence-corrected chi connectivity index (χ2v) is 5.86. The number of aromatic amines is 1.